The Morgan fingerprint density at radius 3 is 2.53 bits per heavy atom. The van der Waals surface area contributed by atoms with Gasteiger partial charge in [-0.15, -0.1) is 0 Å². The summed E-state index contributed by atoms with van der Waals surface area (Å²) in [6, 6.07) is 15.4. The lowest BCUT2D eigenvalue weighted by Crippen LogP contribution is -2.52. The Labute approximate surface area is 313 Å². The highest BCUT2D eigenvalue weighted by Gasteiger charge is 2.52. The summed E-state index contributed by atoms with van der Waals surface area (Å²) in [7, 11) is -3.61. The quantitative estimate of drug-likeness (QED) is 0.0924. The number of hydrogen-bond donors (Lipinski definition) is 4. The molecule has 3 aliphatic rings. The minimum absolute atomic E-state index is 0.0802. The van der Waals surface area contributed by atoms with Crippen molar-refractivity contribution >= 4 is 38.6 Å². The number of unbranched alkanes of at least 4 members (excludes halogenated alkanes) is 3. The van der Waals surface area contributed by atoms with Crippen molar-refractivity contribution in [3.63, 3.8) is 0 Å². The summed E-state index contributed by atoms with van der Waals surface area (Å²) in [5.41, 5.74) is 9.88. The molecule has 0 bridgehead atoms. The van der Waals surface area contributed by atoms with Crippen molar-refractivity contribution in [2.24, 2.45) is 17.6 Å². The zero-order valence-electron chi connectivity index (χ0n) is 31.4. The molecule has 0 radical (unpaired) electrons. The number of primary amides is 1. The van der Waals surface area contributed by atoms with Gasteiger partial charge in [-0.05, 0) is 95.4 Å². The number of likely N-dealkylation sites (tertiary alicyclic amines) is 1. The Bertz CT molecular complexity index is 1890. The minimum Gasteiger partial charge on any atom is -0.460 e. The summed E-state index contributed by atoms with van der Waals surface area (Å²) >= 11 is 0. The van der Waals surface area contributed by atoms with E-state index >= 15 is 0 Å². The van der Waals surface area contributed by atoms with Gasteiger partial charge in [-0.3, -0.25) is 23.8 Å². The summed E-state index contributed by atoms with van der Waals surface area (Å²) < 4.78 is 34.9. The van der Waals surface area contributed by atoms with E-state index < -0.39 is 45.0 Å². The number of carbonyl (C=O) groups excluding carboxylic acids is 2. The Morgan fingerprint density at radius 2 is 1.85 bits per heavy atom. The number of aromatic nitrogens is 2. The summed E-state index contributed by atoms with van der Waals surface area (Å²) in [5.74, 6) is -1.09. The number of nitrogens with two attached hydrogens (primary N) is 1. The van der Waals surface area contributed by atoms with Crippen LogP contribution < -0.4 is 20.5 Å². The number of imidazole rings is 1. The molecule has 2 aromatic carbocycles. The van der Waals surface area contributed by atoms with Crippen molar-refractivity contribution in [1.82, 2.24) is 19.2 Å². The van der Waals surface area contributed by atoms with E-state index in [0.29, 0.717) is 44.7 Å². The number of amides is 2. The second-order valence-electron chi connectivity index (χ2n) is 15.6. The Balaban J connectivity index is 1.04. The van der Waals surface area contributed by atoms with Crippen LogP contribution in [0.25, 0.3) is 11.0 Å². The fourth-order valence-corrected chi connectivity index (χ4v) is 8.81. The summed E-state index contributed by atoms with van der Waals surface area (Å²) in [6.45, 7) is 8.29. The first kappa shape index (κ1) is 38.8. The largest absolute Gasteiger partial charge is 0.460 e. The predicted molar refractivity (Wildman–Crippen MR) is 207 cm³/mol. The van der Waals surface area contributed by atoms with Crippen LogP contribution in [0.1, 0.15) is 97.1 Å². The zero-order chi connectivity index (χ0) is 37.9. The molecule has 6 unspecified atom stereocenters. The van der Waals surface area contributed by atoms with E-state index in [0.717, 1.165) is 54.4 Å². The van der Waals surface area contributed by atoms with Crippen molar-refractivity contribution in [2.75, 3.05) is 11.9 Å². The molecule has 2 heterocycles. The van der Waals surface area contributed by atoms with Crippen LogP contribution in [-0.2, 0) is 26.0 Å². The van der Waals surface area contributed by atoms with Crippen LogP contribution >= 0.6 is 0 Å². The molecule has 2 saturated carbocycles. The van der Waals surface area contributed by atoms with Crippen molar-refractivity contribution < 1.29 is 27.9 Å². The average Bonchev–Trinajstić information content (AvgIpc) is 4.00. The van der Waals surface area contributed by atoms with Crippen molar-refractivity contribution in [1.29, 1.82) is 0 Å². The molecule has 2 amide bonds. The Kier molecular flexibility index (Phi) is 11.9. The zero-order valence-corrected chi connectivity index (χ0v) is 32.2. The van der Waals surface area contributed by atoms with Crippen LogP contribution in [0.5, 0.6) is 6.01 Å². The molecular weight excluding hydrogens is 693 g/mol. The minimum atomic E-state index is -3.61. The maximum atomic E-state index is 12.8. The topological polar surface area (TPSA) is 169 Å². The highest BCUT2D eigenvalue weighted by Crippen LogP contribution is 2.44. The van der Waals surface area contributed by atoms with Gasteiger partial charge in [0, 0.05) is 30.6 Å². The number of nitrogens with zero attached hydrogens (tertiary/aromatic N) is 3. The van der Waals surface area contributed by atoms with Gasteiger partial charge in [0.25, 0.3) is 6.01 Å². The van der Waals surface area contributed by atoms with Gasteiger partial charge in [0.2, 0.25) is 21.8 Å². The van der Waals surface area contributed by atoms with Gasteiger partial charge >= 0.3 is 0 Å². The molecule has 6 rings (SSSR count). The molecule has 2 aliphatic carbocycles. The fourth-order valence-electron chi connectivity index (χ4n) is 7.50. The summed E-state index contributed by atoms with van der Waals surface area (Å²) in [6.07, 6.45) is 9.98. The molecule has 5 N–H and O–H groups in total. The number of aryl methyl sites for hydroxylation is 1. The number of nitrogens with one attached hydrogen (secondary N) is 2. The van der Waals surface area contributed by atoms with Crippen LogP contribution in [0.2, 0.25) is 0 Å². The summed E-state index contributed by atoms with van der Waals surface area (Å²) in [4.78, 5) is 31.9. The second-order valence-corrected chi connectivity index (χ2v) is 17.8. The first-order valence-electron chi connectivity index (χ1n) is 19.3. The van der Waals surface area contributed by atoms with Crippen molar-refractivity contribution in [3.05, 3.63) is 66.2 Å². The van der Waals surface area contributed by atoms with E-state index in [1.807, 2.05) is 42.5 Å². The molecule has 3 fully saturated rings. The van der Waals surface area contributed by atoms with E-state index in [1.165, 1.54) is 0 Å². The van der Waals surface area contributed by atoms with Crippen molar-refractivity contribution in [3.8, 4) is 6.01 Å². The number of aliphatic hydroxyl groups is 1. The Hall–Kier alpha value is -3.94. The van der Waals surface area contributed by atoms with Crippen LogP contribution in [0.3, 0.4) is 0 Å². The predicted octanol–water partition coefficient (Wildman–Crippen LogP) is 5.43. The van der Waals surface area contributed by atoms with Crippen LogP contribution in [0.15, 0.2) is 60.7 Å². The van der Waals surface area contributed by atoms with Gasteiger partial charge in [-0.2, -0.15) is 4.98 Å². The van der Waals surface area contributed by atoms with Gasteiger partial charge in [0.05, 0.1) is 27.9 Å². The van der Waals surface area contributed by atoms with Gasteiger partial charge in [0.1, 0.15) is 12.3 Å². The molecule has 288 valence electrons. The third-order valence-corrected chi connectivity index (χ3v) is 13.4. The smallest absolute Gasteiger partial charge is 0.297 e. The SMILES string of the molecule is CCc1cccc2c1nc(OC1CC(C(N)=O)N(C(O)C(CCCCCC=CC3CC3C(=O)NS(=O)(=O)C3(C)CC3)Nc3ccccc3)C1)n2C(C)C. The number of para-hydroxylation sites is 2. The fraction of sp³-hybridized carbons (Fsp3) is 0.575. The molecule has 1 saturated heterocycles. The third kappa shape index (κ3) is 8.90. The number of benzene rings is 2. The Morgan fingerprint density at radius 1 is 1.09 bits per heavy atom. The molecule has 1 aromatic heterocycles. The second kappa shape index (κ2) is 16.2. The van der Waals surface area contributed by atoms with Gasteiger partial charge in [0.15, 0.2) is 0 Å². The molecular formula is C40H56N6O6S. The molecule has 13 heteroatoms. The molecule has 53 heavy (non-hydrogen) atoms. The van der Waals surface area contributed by atoms with Crippen LogP contribution in [0.4, 0.5) is 5.69 Å². The number of allylic oxidation sites excluding steroid dienone is 2. The van der Waals surface area contributed by atoms with Gasteiger partial charge < -0.3 is 20.9 Å². The monoisotopic (exact) mass is 748 g/mol. The number of carbonyl (C=O) groups is 2. The lowest BCUT2D eigenvalue weighted by Gasteiger charge is -2.34. The molecule has 3 aromatic rings. The number of aliphatic hydroxyl groups excluding tert-OH is 1. The third-order valence-electron chi connectivity index (χ3n) is 11.2. The van der Waals surface area contributed by atoms with E-state index in [1.54, 1.807) is 11.8 Å². The molecule has 1 aliphatic heterocycles. The number of fused-ring (bicyclic) bond motifs is 1. The van der Waals surface area contributed by atoms with E-state index in [9.17, 15) is 23.1 Å². The molecule has 0 spiro atoms. The lowest BCUT2D eigenvalue weighted by molar-refractivity contribution is -0.126. The van der Waals surface area contributed by atoms with Crippen LogP contribution in [0, 0.1) is 11.8 Å². The molecule has 12 nitrogen and oxygen atoms in total. The summed E-state index contributed by atoms with van der Waals surface area (Å²) in [5, 5.41) is 15.4. The number of anilines is 1. The number of sulfonamides is 1. The normalized spacial score (nSPS) is 23.7. The maximum Gasteiger partial charge on any atom is 0.297 e. The first-order valence-corrected chi connectivity index (χ1v) is 20.7. The van der Waals surface area contributed by atoms with E-state index in [4.69, 9.17) is 15.5 Å². The lowest BCUT2D eigenvalue weighted by atomic mass is 10.0. The number of rotatable bonds is 19. The average molecular weight is 749 g/mol. The highest BCUT2D eigenvalue weighted by atomic mass is 32.2. The van der Waals surface area contributed by atoms with Gasteiger partial charge in [-0.25, -0.2) is 8.42 Å². The van der Waals surface area contributed by atoms with E-state index in [2.05, 4.69) is 53.6 Å². The molecule has 6 atom stereocenters. The number of ether oxygens (including phenoxy) is 1. The number of hydrogen-bond acceptors (Lipinski definition) is 9. The van der Waals surface area contributed by atoms with E-state index in [-0.39, 0.29) is 23.9 Å². The maximum absolute atomic E-state index is 12.8. The highest BCUT2D eigenvalue weighted by molar-refractivity contribution is 7.91. The van der Waals surface area contributed by atoms with Crippen molar-refractivity contribution in [2.45, 2.75) is 127 Å². The van der Waals surface area contributed by atoms with Crippen LogP contribution in [-0.4, -0.2) is 75.5 Å². The van der Waals surface area contributed by atoms with Gasteiger partial charge in [-0.1, -0.05) is 62.2 Å². The first-order chi connectivity index (χ1) is 25.3. The standard InChI is InChI=1S/C40H56N6O6S/c1-5-27-16-14-20-33-35(27)43-39(46(33)26(2)3)52-30-24-34(36(41)47)45(25-30)38(49)32(42-29-17-11-9-12-18-29)19-13-8-6-7-10-15-28-23-31(28)37(48)44-53(50,51)40(4)21-22-40/h9-12,14-18,20,26,28,30-32,34,38,42,49H,5-8,13,19,21-25H2,1-4H3,(H2,41,47)(H,44,48).